The molecule has 1 saturated heterocycles. The van der Waals surface area contributed by atoms with Crippen LogP contribution in [0.2, 0.25) is 0 Å². The minimum Gasteiger partial charge on any atom is -0.399 e. The summed E-state index contributed by atoms with van der Waals surface area (Å²) in [5.74, 6) is 0. The highest BCUT2D eigenvalue weighted by molar-refractivity contribution is 6.62. The molecule has 1 aromatic carbocycles. The van der Waals surface area contributed by atoms with Gasteiger partial charge in [0.05, 0.1) is 16.8 Å². The number of amides is 2. The predicted molar refractivity (Wildman–Crippen MR) is 85.2 cm³/mol. The first-order valence-corrected chi connectivity index (χ1v) is 7.43. The summed E-state index contributed by atoms with van der Waals surface area (Å²) in [5, 5.41) is 4.60. The van der Waals surface area contributed by atoms with Crippen molar-refractivity contribution in [2.45, 2.75) is 45.1 Å². The average molecular weight is 344 g/mol. The van der Waals surface area contributed by atoms with Crippen molar-refractivity contribution in [3.05, 3.63) is 23.8 Å². The zero-order valence-corrected chi connectivity index (χ0v) is 14.2. The van der Waals surface area contributed by atoms with Gasteiger partial charge in [0.15, 0.2) is 0 Å². The van der Waals surface area contributed by atoms with Crippen LogP contribution in [0.4, 0.5) is 23.7 Å². The Morgan fingerprint density at radius 1 is 1.12 bits per heavy atom. The number of hydrogen-bond acceptors (Lipinski definition) is 3. The average Bonchev–Trinajstić information content (AvgIpc) is 2.66. The maximum absolute atomic E-state index is 13.4. The summed E-state index contributed by atoms with van der Waals surface area (Å²) < 4.78 is 51.8. The molecule has 0 atom stereocenters. The van der Waals surface area contributed by atoms with Crippen LogP contribution < -0.4 is 16.1 Å². The Hall–Kier alpha value is -1.74. The fourth-order valence-corrected chi connectivity index (χ4v) is 2.25. The summed E-state index contributed by atoms with van der Waals surface area (Å²) in [5.41, 5.74) is -2.50. The first-order valence-electron chi connectivity index (χ1n) is 7.43. The molecular weight excluding hydrogens is 324 g/mol. The first kappa shape index (κ1) is 18.6. The molecule has 2 rings (SSSR count). The van der Waals surface area contributed by atoms with Gasteiger partial charge in [-0.1, -0.05) is 6.07 Å². The number of carbonyl (C=O) groups is 1. The minimum atomic E-state index is -4.61. The van der Waals surface area contributed by atoms with Crippen LogP contribution in [0.15, 0.2) is 18.2 Å². The van der Waals surface area contributed by atoms with Crippen molar-refractivity contribution in [2.24, 2.45) is 0 Å². The molecule has 1 aromatic rings. The van der Waals surface area contributed by atoms with Crippen molar-refractivity contribution >= 4 is 24.3 Å². The van der Waals surface area contributed by atoms with E-state index < -0.39 is 36.1 Å². The summed E-state index contributed by atoms with van der Waals surface area (Å²) in [4.78, 5) is 11.3. The molecule has 0 bridgehead atoms. The number of hydrogen-bond donors (Lipinski definition) is 2. The van der Waals surface area contributed by atoms with Crippen molar-refractivity contribution < 1.29 is 27.3 Å². The number of anilines is 1. The van der Waals surface area contributed by atoms with E-state index in [4.69, 9.17) is 9.31 Å². The topological polar surface area (TPSA) is 59.6 Å². The standard InChI is InChI=1S/C15H20BF3N2O3/c1-13(2)14(3,4)24-16(23-13)11-7-6-9(21-12(22)20-5)8-10(11)15(17,18)19/h6-8H,1-5H3,(H2,20,21,22). The number of alkyl halides is 3. The fraction of sp³-hybridized carbons (Fsp3) is 0.533. The summed E-state index contributed by atoms with van der Waals surface area (Å²) in [7, 11) is 0.235. The van der Waals surface area contributed by atoms with Crippen molar-refractivity contribution in [3.63, 3.8) is 0 Å². The lowest BCUT2D eigenvalue weighted by Crippen LogP contribution is -2.41. The van der Waals surface area contributed by atoms with Gasteiger partial charge in [-0.3, -0.25) is 0 Å². The number of benzene rings is 1. The Kier molecular flexibility index (Phi) is 4.62. The molecule has 9 heteroatoms. The van der Waals surface area contributed by atoms with Gasteiger partial charge in [0.2, 0.25) is 0 Å². The molecule has 0 spiro atoms. The number of carbonyl (C=O) groups excluding carboxylic acids is 1. The monoisotopic (exact) mass is 344 g/mol. The predicted octanol–water partition coefficient (Wildman–Crippen LogP) is 2.76. The van der Waals surface area contributed by atoms with Crippen LogP contribution in [0.3, 0.4) is 0 Å². The number of urea groups is 1. The van der Waals surface area contributed by atoms with Crippen LogP contribution in [-0.2, 0) is 15.5 Å². The molecule has 0 unspecified atom stereocenters. The lowest BCUT2D eigenvalue weighted by atomic mass is 9.75. The Labute approximate surface area is 139 Å². The molecule has 0 aliphatic carbocycles. The molecule has 5 nitrogen and oxygen atoms in total. The molecule has 2 amide bonds. The zero-order valence-electron chi connectivity index (χ0n) is 14.2. The summed E-state index contributed by atoms with van der Waals surface area (Å²) in [6, 6.07) is 2.91. The lowest BCUT2D eigenvalue weighted by Gasteiger charge is -2.32. The normalized spacial score (nSPS) is 19.2. The summed E-state index contributed by atoms with van der Waals surface area (Å²) >= 11 is 0. The molecule has 1 fully saturated rings. The van der Waals surface area contributed by atoms with Gasteiger partial charge in [0.1, 0.15) is 0 Å². The van der Waals surface area contributed by atoms with Crippen LogP contribution in [0, 0.1) is 0 Å². The highest BCUT2D eigenvalue weighted by Crippen LogP contribution is 2.38. The van der Waals surface area contributed by atoms with Gasteiger partial charge in [-0.2, -0.15) is 13.2 Å². The quantitative estimate of drug-likeness (QED) is 0.811. The summed E-state index contributed by atoms with van der Waals surface area (Å²) in [6.45, 7) is 7.06. The van der Waals surface area contributed by atoms with E-state index in [1.54, 1.807) is 27.7 Å². The molecule has 0 saturated carbocycles. The first-order chi connectivity index (χ1) is 10.9. The van der Waals surface area contributed by atoms with E-state index in [0.717, 1.165) is 6.07 Å². The molecule has 132 valence electrons. The van der Waals surface area contributed by atoms with Crippen LogP contribution in [-0.4, -0.2) is 31.4 Å². The maximum atomic E-state index is 13.4. The molecular formula is C15H20BF3N2O3. The Bertz CT molecular complexity index is 631. The minimum absolute atomic E-state index is 0.0296. The van der Waals surface area contributed by atoms with Crippen LogP contribution in [0.1, 0.15) is 33.3 Å². The van der Waals surface area contributed by atoms with E-state index in [1.807, 2.05) is 0 Å². The second-order valence-corrected chi connectivity index (χ2v) is 6.59. The van der Waals surface area contributed by atoms with Crippen molar-refractivity contribution in [3.8, 4) is 0 Å². The van der Waals surface area contributed by atoms with Crippen LogP contribution in [0.5, 0.6) is 0 Å². The lowest BCUT2D eigenvalue weighted by molar-refractivity contribution is -0.136. The third kappa shape index (κ3) is 3.51. The number of nitrogens with one attached hydrogen (secondary N) is 2. The molecule has 0 aromatic heterocycles. The van der Waals surface area contributed by atoms with Gasteiger partial charge in [-0.15, -0.1) is 0 Å². The van der Waals surface area contributed by atoms with Gasteiger partial charge in [0, 0.05) is 12.7 Å². The Morgan fingerprint density at radius 3 is 2.12 bits per heavy atom. The second kappa shape index (κ2) is 5.96. The highest BCUT2D eigenvalue weighted by Gasteiger charge is 2.53. The van der Waals surface area contributed by atoms with E-state index in [1.165, 1.54) is 19.2 Å². The van der Waals surface area contributed by atoms with E-state index in [2.05, 4.69) is 10.6 Å². The number of halogens is 3. The van der Waals surface area contributed by atoms with E-state index in [0.29, 0.717) is 0 Å². The second-order valence-electron chi connectivity index (χ2n) is 6.59. The van der Waals surface area contributed by atoms with E-state index in [-0.39, 0.29) is 11.2 Å². The third-order valence-electron chi connectivity index (χ3n) is 4.35. The van der Waals surface area contributed by atoms with Crippen LogP contribution >= 0.6 is 0 Å². The molecule has 0 radical (unpaired) electrons. The van der Waals surface area contributed by atoms with Crippen molar-refractivity contribution in [2.75, 3.05) is 12.4 Å². The molecule has 2 N–H and O–H groups in total. The van der Waals surface area contributed by atoms with E-state index in [9.17, 15) is 18.0 Å². The Balaban J connectivity index is 2.42. The largest absolute Gasteiger partial charge is 0.495 e. The zero-order chi connectivity index (χ0) is 18.3. The van der Waals surface area contributed by atoms with Gasteiger partial charge in [-0.25, -0.2) is 4.79 Å². The van der Waals surface area contributed by atoms with E-state index >= 15 is 0 Å². The van der Waals surface area contributed by atoms with Crippen molar-refractivity contribution in [1.29, 1.82) is 0 Å². The SMILES string of the molecule is CNC(=O)Nc1ccc(B2OC(C)(C)C(C)(C)O2)c(C(F)(F)F)c1. The summed E-state index contributed by atoms with van der Waals surface area (Å²) in [6.07, 6.45) is -4.61. The van der Waals surface area contributed by atoms with Gasteiger partial charge < -0.3 is 19.9 Å². The highest BCUT2D eigenvalue weighted by atomic mass is 19.4. The smallest absolute Gasteiger partial charge is 0.399 e. The number of rotatable bonds is 2. The molecule has 24 heavy (non-hydrogen) atoms. The van der Waals surface area contributed by atoms with Gasteiger partial charge >= 0.3 is 19.3 Å². The van der Waals surface area contributed by atoms with Gasteiger partial charge in [0.25, 0.3) is 0 Å². The van der Waals surface area contributed by atoms with Gasteiger partial charge in [-0.05, 0) is 45.3 Å². The third-order valence-corrected chi connectivity index (χ3v) is 4.35. The Morgan fingerprint density at radius 2 is 1.67 bits per heavy atom. The molecule has 1 aliphatic rings. The fourth-order valence-electron chi connectivity index (χ4n) is 2.25. The molecule has 1 heterocycles. The van der Waals surface area contributed by atoms with Crippen LogP contribution in [0.25, 0.3) is 0 Å². The maximum Gasteiger partial charge on any atom is 0.495 e. The molecule has 1 aliphatic heterocycles. The van der Waals surface area contributed by atoms with Crippen molar-refractivity contribution in [1.82, 2.24) is 5.32 Å².